The molecule has 0 saturated carbocycles. The number of likely N-dealkylation sites (tertiary alicyclic amines) is 1. The molecule has 1 heterocycles. The van der Waals surface area contributed by atoms with Gasteiger partial charge in [-0.2, -0.15) is 0 Å². The Bertz CT molecular complexity index is 521. The minimum Gasteiger partial charge on any atom is -0.395 e. The summed E-state index contributed by atoms with van der Waals surface area (Å²) in [4.78, 5) is 2.25. The summed E-state index contributed by atoms with van der Waals surface area (Å²) in [5, 5.41) is 9.54. The first kappa shape index (κ1) is 16.0. The standard InChI is InChI=1S/C17H23FN2O/c18-16-10-14(5-4-7-19)9-15(11-16)12-20-8-3-1-2-6-17(20)13-21/h9-11,17,21H,1-3,6-8,12-13,19H2. The highest BCUT2D eigenvalue weighted by molar-refractivity contribution is 5.38. The smallest absolute Gasteiger partial charge is 0.124 e. The molecule has 0 aromatic heterocycles. The van der Waals surface area contributed by atoms with Crippen LogP contribution in [0, 0.1) is 17.7 Å². The van der Waals surface area contributed by atoms with Crippen molar-refractivity contribution in [2.75, 3.05) is 19.7 Å². The van der Waals surface area contributed by atoms with E-state index in [9.17, 15) is 9.50 Å². The zero-order valence-electron chi connectivity index (χ0n) is 12.3. The van der Waals surface area contributed by atoms with Crippen molar-refractivity contribution >= 4 is 0 Å². The van der Waals surface area contributed by atoms with E-state index in [1.807, 2.05) is 6.07 Å². The van der Waals surface area contributed by atoms with Crippen molar-refractivity contribution in [3.05, 3.63) is 35.1 Å². The van der Waals surface area contributed by atoms with Crippen LogP contribution in [0.3, 0.4) is 0 Å². The molecule has 21 heavy (non-hydrogen) atoms. The number of rotatable bonds is 3. The lowest BCUT2D eigenvalue weighted by Gasteiger charge is -2.28. The molecule has 1 aromatic rings. The molecular weight excluding hydrogens is 267 g/mol. The summed E-state index contributed by atoms with van der Waals surface area (Å²) in [6.45, 7) is 2.03. The topological polar surface area (TPSA) is 49.5 Å². The Morgan fingerprint density at radius 1 is 1.29 bits per heavy atom. The lowest BCUT2D eigenvalue weighted by molar-refractivity contribution is 0.118. The molecule has 2 rings (SSSR count). The molecule has 1 aliphatic rings. The summed E-state index contributed by atoms with van der Waals surface area (Å²) in [5.41, 5.74) is 6.91. The Balaban J connectivity index is 2.15. The molecule has 0 spiro atoms. The summed E-state index contributed by atoms with van der Waals surface area (Å²) >= 11 is 0. The number of nitrogens with zero attached hydrogens (tertiary/aromatic N) is 1. The van der Waals surface area contributed by atoms with Crippen molar-refractivity contribution in [3.8, 4) is 11.8 Å². The van der Waals surface area contributed by atoms with Crippen LogP contribution in [0.25, 0.3) is 0 Å². The van der Waals surface area contributed by atoms with Crippen molar-refractivity contribution in [3.63, 3.8) is 0 Å². The van der Waals surface area contributed by atoms with E-state index >= 15 is 0 Å². The number of hydrogen-bond donors (Lipinski definition) is 2. The fourth-order valence-corrected chi connectivity index (χ4v) is 2.85. The maximum atomic E-state index is 13.7. The van der Waals surface area contributed by atoms with Gasteiger partial charge in [-0.05, 0) is 43.1 Å². The van der Waals surface area contributed by atoms with Gasteiger partial charge in [0, 0.05) is 18.2 Å². The van der Waals surface area contributed by atoms with Crippen LogP contribution in [0.5, 0.6) is 0 Å². The van der Waals surface area contributed by atoms with E-state index in [4.69, 9.17) is 5.73 Å². The van der Waals surface area contributed by atoms with Crippen molar-refractivity contribution in [2.45, 2.75) is 38.3 Å². The molecule has 1 fully saturated rings. The summed E-state index contributed by atoms with van der Waals surface area (Å²) in [6, 6.07) is 5.06. The molecule has 1 unspecified atom stereocenters. The van der Waals surface area contributed by atoms with Gasteiger partial charge in [0.15, 0.2) is 0 Å². The molecule has 3 nitrogen and oxygen atoms in total. The van der Waals surface area contributed by atoms with Crippen LogP contribution in [0.2, 0.25) is 0 Å². The summed E-state index contributed by atoms with van der Waals surface area (Å²) < 4.78 is 13.7. The Morgan fingerprint density at radius 3 is 2.90 bits per heavy atom. The highest BCUT2D eigenvalue weighted by Gasteiger charge is 2.20. The van der Waals surface area contributed by atoms with Crippen LogP contribution < -0.4 is 5.73 Å². The van der Waals surface area contributed by atoms with Crippen LogP contribution in [-0.2, 0) is 6.54 Å². The minimum absolute atomic E-state index is 0.162. The second-order valence-electron chi connectivity index (χ2n) is 5.51. The molecular formula is C17H23FN2O. The third-order valence-electron chi connectivity index (χ3n) is 3.89. The fraction of sp³-hybridized carbons (Fsp3) is 0.529. The Labute approximate surface area is 125 Å². The summed E-state index contributed by atoms with van der Waals surface area (Å²) in [5.74, 6) is 5.35. The van der Waals surface area contributed by atoms with E-state index in [0.29, 0.717) is 12.1 Å². The first-order chi connectivity index (χ1) is 10.2. The van der Waals surface area contributed by atoms with Gasteiger partial charge in [0.2, 0.25) is 0 Å². The van der Waals surface area contributed by atoms with Crippen molar-refractivity contribution in [2.24, 2.45) is 5.73 Å². The zero-order chi connectivity index (χ0) is 15.1. The van der Waals surface area contributed by atoms with E-state index in [0.717, 1.165) is 31.4 Å². The maximum absolute atomic E-state index is 13.7. The Kier molecular flexibility index (Phi) is 6.19. The molecule has 1 aliphatic heterocycles. The third kappa shape index (κ3) is 4.82. The molecule has 0 bridgehead atoms. The predicted octanol–water partition coefficient (Wildman–Crippen LogP) is 1.87. The molecule has 1 saturated heterocycles. The lowest BCUT2D eigenvalue weighted by atomic mass is 10.1. The highest BCUT2D eigenvalue weighted by Crippen LogP contribution is 2.20. The first-order valence-corrected chi connectivity index (χ1v) is 7.56. The van der Waals surface area contributed by atoms with Crippen molar-refractivity contribution < 1.29 is 9.50 Å². The van der Waals surface area contributed by atoms with Crippen LogP contribution >= 0.6 is 0 Å². The number of nitrogens with two attached hydrogens (primary N) is 1. The largest absolute Gasteiger partial charge is 0.395 e. The number of halogens is 1. The third-order valence-corrected chi connectivity index (χ3v) is 3.89. The highest BCUT2D eigenvalue weighted by atomic mass is 19.1. The maximum Gasteiger partial charge on any atom is 0.124 e. The number of benzene rings is 1. The number of aliphatic hydroxyl groups is 1. The molecule has 0 amide bonds. The second-order valence-corrected chi connectivity index (χ2v) is 5.51. The van der Waals surface area contributed by atoms with Crippen LogP contribution in [0.4, 0.5) is 4.39 Å². The number of hydrogen-bond acceptors (Lipinski definition) is 3. The van der Waals surface area contributed by atoms with Crippen LogP contribution in [0.15, 0.2) is 18.2 Å². The molecule has 3 N–H and O–H groups in total. The van der Waals surface area contributed by atoms with Gasteiger partial charge in [-0.1, -0.05) is 24.7 Å². The lowest BCUT2D eigenvalue weighted by Crippen LogP contribution is -2.36. The van der Waals surface area contributed by atoms with Gasteiger partial charge in [0.05, 0.1) is 13.2 Å². The van der Waals surface area contributed by atoms with Gasteiger partial charge < -0.3 is 10.8 Å². The van der Waals surface area contributed by atoms with Crippen molar-refractivity contribution in [1.29, 1.82) is 0 Å². The van der Waals surface area contributed by atoms with Gasteiger partial charge in [0.25, 0.3) is 0 Å². The minimum atomic E-state index is -0.274. The quantitative estimate of drug-likeness (QED) is 0.836. The van der Waals surface area contributed by atoms with Gasteiger partial charge in [-0.25, -0.2) is 4.39 Å². The number of aliphatic hydroxyl groups excluding tert-OH is 1. The fourth-order valence-electron chi connectivity index (χ4n) is 2.85. The van der Waals surface area contributed by atoms with Crippen molar-refractivity contribution in [1.82, 2.24) is 4.90 Å². The average Bonchev–Trinajstić information content (AvgIpc) is 2.69. The van der Waals surface area contributed by atoms with E-state index in [1.165, 1.54) is 12.5 Å². The molecule has 1 aromatic carbocycles. The Morgan fingerprint density at radius 2 is 2.14 bits per heavy atom. The molecule has 0 aliphatic carbocycles. The van der Waals surface area contributed by atoms with E-state index < -0.39 is 0 Å². The van der Waals surface area contributed by atoms with Gasteiger partial charge in [-0.3, -0.25) is 4.90 Å². The second kappa shape index (κ2) is 8.14. The summed E-state index contributed by atoms with van der Waals surface area (Å²) in [7, 11) is 0. The first-order valence-electron chi connectivity index (χ1n) is 7.56. The van der Waals surface area contributed by atoms with Gasteiger partial charge >= 0.3 is 0 Å². The van der Waals surface area contributed by atoms with E-state index in [-0.39, 0.29) is 25.0 Å². The average molecular weight is 290 g/mol. The molecule has 1 atom stereocenters. The normalized spacial score (nSPS) is 19.7. The Hall–Kier alpha value is -1.41. The zero-order valence-corrected chi connectivity index (χ0v) is 12.3. The van der Waals surface area contributed by atoms with Gasteiger partial charge in [0.1, 0.15) is 5.82 Å². The summed E-state index contributed by atoms with van der Waals surface area (Å²) in [6.07, 6.45) is 4.48. The van der Waals surface area contributed by atoms with Crippen LogP contribution in [0.1, 0.15) is 36.8 Å². The van der Waals surface area contributed by atoms with Gasteiger partial charge in [-0.15, -0.1) is 0 Å². The SMILES string of the molecule is NCC#Cc1cc(F)cc(CN2CCCCCC2CO)c1. The van der Waals surface area contributed by atoms with E-state index in [1.54, 1.807) is 6.07 Å². The van der Waals surface area contributed by atoms with Crippen LogP contribution in [-0.4, -0.2) is 35.7 Å². The predicted molar refractivity (Wildman–Crippen MR) is 82.1 cm³/mol. The molecule has 0 radical (unpaired) electrons. The van der Waals surface area contributed by atoms with E-state index in [2.05, 4.69) is 16.7 Å². The molecule has 114 valence electrons. The monoisotopic (exact) mass is 290 g/mol. The molecule has 4 heteroatoms.